The van der Waals surface area contributed by atoms with Crippen LogP contribution in [0, 0.1) is 63.5 Å². The lowest BCUT2D eigenvalue weighted by molar-refractivity contribution is 1.11. The maximum atomic E-state index is 9.07. The lowest BCUT2D eigenvalue weighted by atomic mass is 9.93. The first-order valence-electron chi connectivity index (χ1n) is 11.2. The number of thioether (sulfide) groups is 4. The quantitative estimate of drug-likeness (QED) is 0.307. The summed E-state index contributed by atoms with van der Waals surface area (Å²) in [6, 6.07) is 3.82. The molecule has 0 saturated heterocycles. The van der Waals surface area contributed by atoms with E-state index in [1.165, 1.54) is 28.1 Å². The molecule has 0 radical (unpaired) electrons. The summed E-state index contributed by atoms with van der Waals surface area (Å²) in [6.45, 7) is 30.3. The van der Waals surface area contributed by atoms with Crippen molar-refractivity contribution in [1.29, 1.82) is 10.5 Å². The molecule has 0 spiro atoms. The third kappa shape index (κ3) is 6.38. The third-order valence-corrected chi connectivity index (χ3v) is 11.5. The van der Waals surface area contributed by atoms with E-state index in [-0.39, 0.29) is 16.1 Å². The topological polar surface area (TPSA) is 56.3 Å². The second-order valence-corrected chi connectivity index (χ2v) is 13.0. The maximum absolute atomic E-state index is 9.07. The van der Waals surface area contributed by atoms with Crippen molar-refractivity contribution < 1.29 is 7.67 Å². The first-order valence-corrected chi connectivity index (χ1v) is 13.5. The molecule has 2 aliphatic heterocycles. The van der Waals surface area contributed by atoms with Crippen LogP contribution in [0.4, 0.5) is 4.70 Å². The molecular weight excluding hydrogens is 516 g/mol. The Hall–Kier alpha value is -2.53. The molecule has 0 saturated carbocycles. The van der Waals surface area contributed by atoms with E-state index in [0.29, 0.717) is 10.4 Å². The Morgan fingerprint density at radius 3 is 1.03 bits per heavy atom. The predicted molar refractivity (Wildman–Crippen MR) is 155 cm³/mol. The molecule has 1 aromatic carbocycles. The molecule has 2 aliphatic rings. The summed E-state index contributed by atoms with van der Waals surface area (Å²) in [6.07, 6.45) is 0. The van der Waals surface area contributed by atoms with Gasteiger partial charge in [-0.15, -0.1) is 0 Å². The standard InChI is InChI=1S/C16H12N4.C10H12S4.FH.H2/c1-9-10(2)16(14(8-18)20-6)12(4)11(3)15(9)13(7-17)19-5;1-5-6(2)12-9(11-5)10-13-7(3)8(4)14-10;;/h1-4H3;1-4H3;2*1H/i;;;1+2T. The Labute approximate surface area is 227 Å². The van der Waals surface area contributed by atoms with Gasteiger partial charge in [-0.3, -0.25) is 4.70 Å². The molecule has 4 nitrogen and oxygen atoms in total. The number of rotatable bonds is 0. The SMILES string of the molecule is CC1=C(C)SC(=C2SC(C)=C(C)S2)S1.F.[3H][3H].[C-]#[N+]C(C#N)=c1c(C)c(C)c(=C(C#N)[N+]#[C-])c(C)c1C. The molecule has 2 heterocycles. The summed E-state index contributed by atoms with van der Waals surface area (Å²) in [5, 5.41) is 19.4. The minimum absolute atomic E-state index is 0. The van der Waals surface area contributed by atoms with E-state index in [9.17, 15) is 0 Å². The zero-order valence-electron chi connectivity index (χ0n) is 22.8. The number of nitriles is 2. The Kier molecular flexibility index (Phi) is 10.6. The fourth-order valence-electron chi connectivity index (χ4n) is 3.35. The number of allylic oxidation sites excluding steroid dienone is 4. The van der Waals surface area contributed by atoms with Crippen LogP contribution >= 0.6 is 47.0 Å². The molecule has 3 rings (SSSR count). The zero-order chi connectivity index (χ0) is 27.7. The highest BCUT2D eigenvalue weighted by Crippen LogP contribution is 2.59. The van der Waals surface area contributed by atoms with E-state index < -0.39 is 0 Å². The van der Waals surface area contributed by atoms with Gasteiger partial charge < -0.3 is 0 Å². The molecule has 0 N–H and O–H groups in total. The summed E-state index contributed by atoms with van der Waals surface area (Å²) in [5.74, 6) is 0. The van der Waals surface area contributed by atoms with Gasteiger partial charge in [0.1, 0.15) is 0 Å². The van der Waals surface area contributed by atoms with Crippen molar-refractivity contribution in [3.05, 3.63) is 83.6 Å². The van der Waals surface area contributed by atoms with Gasteiger partial charge >= 0.3 is 0 Å². The number of hydrogen-bond acceptors (Lipinski definition) is 6. The highest BCUT2D eigenvalue weighted by atomic mass is 32.2. The molecule has 0 fully saturated rings. The van der Waals surface area contributed by atoms with Crippen LogP contribution in [0.3, 0.4) is 0 Å². The van der Waals surface area contributed by atoms with Crippen molar-refractivity contribution in [3.8, 4) is 12.1 Å². The van der Waals surface area contributed by atoms with Crippen LogP contribution < -0.4 is 10.4 Å². The molecule has 0 atom stereocenters. The van der Waals surface area contributed by atoms with Crippen LogP contribution in [0.2, 0.25) is 0 Å². The molecule has 35 heavy (non-hydrogen) atoms. The van der Waals surface area contributed by atoms with Crippen LogP contribution in [0.5, 0.6) is 0 Å². The van der Waals surface area contributed by atoms with Crippen molar-refractivity contribution in [3.63, 3.8) is 0 Å². The highest BCUT2D eigenvalue weighted by molar-refractivity contribution is 8.34. The van der Waals surface area contributed by atoms with E-state index in [1.54, 1.807) is 0 Å². The lowest BCUT2D eigenvalue weighted by Gasteiger charge is -2.12. The Bertz CT molecular complexity index is 1270. The predicted octanol–water partition coefficient (Wildman–Crippen LogP) is 8.00. The minimum Gasteiger partial charge on any atom is -0.269 e. The van der Waals surface area contributed by atoms with Gasteiger partial charge in [0.2, 0.25) is 0 Å². The molecular formula is C26H27FN4S4. The molecule has 0 amide bonds. The number of benzene rings is 1. The molecule has 0 unspecified atom stereocenters. The van der Waals surface area contributed by atoms with Gasteiger partial charge in [0.15, 0.2) is 0 Å². The average molecular weight is 547 g/mol. The molecule has 0 aromatic heterocycles. The normalized spacial score (nSPS) is 14.5. The number of nitrogens with zero attached hydrogens (tertiary/aromatic N) is 4. The van der Waals surface area contributed by atoms with E-state index in [2.05, 4.69) is 37.4 Å². The van der Waals surface area contributed by atoms with Crippen molar-refractivity contribution in [2.24, 2.45) is 0 Å². The van der Waals surface area contributed by atoms with E-state index in [0.717, 1.165) is 22.3 Å². The first-order chi connectivity index (χ1) is 17.0. The Morgan fingerprint density at radius 1 is 0.629 bits per heavy atom. The fourth-order valence-corrected chi connectivity index (χ4v) is 8.70. The lowest BCUT2D eigenvalue weighted by Crippen LogP contribution is -2.27. The van der Waals surface area contributed by atoms with E-state index >= 15 is 0 Å². The van der Waals surface area contributed by atoms with E-state index in [1.807, 2.05) is 86.9 Å². The van der Waals surface area contributed by atoms with Crippen molar-refractivity contribution in [2.45, 2.75) is 55.4 Å². The second-order valence-electron chi connectivity index (χ2n) is 7.60. The number of hydrogen-bond donors (Lipinski definition) is 0. The number of halogens is 1. The first kappa shape index (κ1) is 28.7. The van der Waals surface area contributed by atoms with Crippen LogP contribution in [0.1, 0.15) is 52.9 Å². The maximum Gasteiger partial charge on any atom is 0.269 e. The summed E-state index contributed by atoms with van der Waals surface area (Å²) in [7, 11) is 0. The molecule has 182 valence electrons. The zero-order valence-corrected chi connectivity index (χ0v) is 24.1. The fraction of sp³-hybridized carbons (Fsp3) is 0.308. The van der Waals surface area contributed by atoms with Crippen LogP contribution in [0.15, 0.2) is 28.1 Å². The van der Waals surface area contributed by atoms with Gasteiger partial charge in [-0.1, -0.05) is 69.3 Å². The third-order valence-electron chi connectivity index (χ3n) is 5.68. The summed E-state index contributed by atoms with van der Waals surface area (Å²) < 4.78 is 13.0. The van der Waals surface area contributed by atoms with Gasteiger partial charge in [-0.05, 0) is 85.4 Å². The summed E-state index contributed by atoms with van der Waals surface area (Å²) >= 11 is 7.72. The van der Waals surface area contributed by atoms with Crippen molar-refractivity contribution in [2.75, 3.05) is 0 Å². The van der Waals surface area contributed by atoms with Crippen LogP contribution in [-0.2, 0) is 0 Å². The average Bonchev–Trinajstić information content (AvgIpc) is 3.39. The van der Waals surface area contributed by atoms with Gasteiger partial charge in [-0.2, -0.15) is 0 Å². The van der Waals surface area contributed by atoms with Gasteiger partial charge in [0, 0.05) is 2.97 Å². The summed E-state index contributed by atoms with van der Waals surface area (Å²) in [4.78, 5) is 12.4. The monoisotopic (exact) mass is 546 g/mol. The highest BCUT2D eigenvalue weighted by Gasteiger charge is 2.24. The van der Waals surface area contributed by atoms with Crippen molar-refractivity contribution in [1.82, 2.24) is 0 Å². The largest absolute Gasteiger partial charge is 0.269 e. The van der Waals surface area contributed by atoms with E-state index in [4.69, 9.17) is 26.6 Å². The van der Waals surface area contributed by atoms with Gasteiger partial charge in [0.05, 0.1) is 33.8 Å². The molecule has 9 heteroatoms. The minimum atomic E-state index is 0. The van der Waals surface area contributed by atoms with Crippen LogP contribution in [0.25, 0.3) is 21.1 Å². The van der Waals surface area contributed by atoms with Gasteiger partial charge in [0.25, 0.3) is 11.4 Å². The summed E-state index contributed by atoms with van der Waals surface area (Å²) in [5.41, 5.74) is 3.16. The molecule has 0 aliphatic carbocycles. The molecule has 1 aromatic rings. The second kappa shape index (κ2) is 13.0. The van der Waals surface area contributed by atoms with Gasteiger partial charge in [-0.25, -0.2) is 20.2 Å². The molecule has 0 bridgehead atoms. The Balaban J connectivity index is 0.000000669. The smallest absolute Gasteiger partial charge is 0.269 e. The van der Waals surface area contributed by atoms with Crippen molar-refractivity contribution >= 4 is 58.4 Å². The van der Waals surface area contributed by atoms with Crippen LogP contribution in [-0.4, -0.2) is 0 Å². The Morgan fingerprint density at radius 2 is 0.857 bits per heavy atom.